The summed E-state index contributed by atoms with van der Waals surface area (Å²) in [5.74, 6) is -2.97. The number of ether oxygens (including phenoxy) is 1. The number of hydrogen-bond donors (Lipinski definition) is 0. The summed E-state index contributed by atoms with van der Waals surface area (Å²) in [6.07, 6.45) is 0. The van der Waals surface area contributed by atoms with Crippen LogP contribution in [0.15, 0.2) is 36.4 Å². The highest BCUT2D eigenvalue weighted by atomic mass is 19.2. The van der Waals surface area contributed by atoms with Crippen molar-refractivity contribution >= 4 is 5.69 Å². The van der Waals surface area contributed by atoms with E-state index in [1.54, 1.807) is 0 Å². The number of benzene rings is 2. The number of nitro benzene ring substituents is 1. The molecule has 0 spiro atoms. The van der Waals surface area contributed by atoms with Crippen molar-refractivity contribution in [3.05, 3.63) is 69.5 Å². The average Bonchev–Trinajstić information content (AvgIpc) is 2.40. The van der Waals surface area contributed by atoms with E-state index in [2.05, 4.69) is 0 Å². The molecule has 0 saturated carbocycles. The Morgan fingerprint density at radius 2 is 1.75 bits per heavy atom. The first-order valence-electron chi connectivity index (χ1n) is 5.48. The second-order valence-electron chi connectivity index (χ2n) is 3.91. The van der Waals surface area contributed by atoms with Gasteiger partial charge in [0.1, 0.15) is 12.4 Å². The average molecular weight is 283 g/mol. The zero-order chi connectivity index (χ0) is 14.7. The molecule has 2 aromatic rings. The van der Waals surface area contributed by atoms with Gasteiger partial charge in [-0.1, -0.05) is 6.07 Å². The number of nitrogens with zero attached hydrogens (tertiary/aromatic N) is 1. The van der Waals surface area contributed by atoms with Gasteiger partial charge in [-0.2, -0.15) is 4.39 Å². The predicted octanol–water partition coefficient (Wildman–Crippen LogP) is 3.59. The van der Waals surface area contributed by atoms with E-state index in [1.807, 2.05) is 0 Å². The Morgan fingerprint density at radius 3 is 2.35 bits per heavy atom. The van der Waals surface area contributed by atoms with E-state index in [1.165, 1.54) is 12.1 Å². The lowest BCUT2D eigenvalue weighted by atomic mass is 10.2. The summed E-state index contributed by atoms with van der Waals surface area (Å²) in [6.45, 7) is -0.117. The molecule has 0 unspecified atom stereocenters. The summed E-state index contributed by atoms with van der Waals surface area (Å²) in [5, 5.41) is 10.4. The summed E-state index contributed by atoms with van der Waals surface area (Å²) in [6, 6.07) is 6.27. The van der Waals surface area contributed by atoms with Crippen LogP contribution >= 0.6 is 0 Å². The number of halogens is 3. The summed E-state index contributed by atoms with van der Waals surface area (Å²) in [7, 11) is 0. The zero-order valence-electron chi connectivity index (χ0n) is 9.98. The molecule has 2 rings (SSSR count). The SMILES string of the molecule is O=[N+]([O-])c1ccc(OCc2ccc(F)c(F)c2)cc1F. The van der Waals surface area contributed by atoms with Crippen molar-refractivity contribution in [3.63, 3.8) is 0 Å². The van der Waals surface area contributed by atoms with Crippen molar-refractivity contribution < 1.29 is 22.8 Å². The highest BCUT2D eigenvalue weighted by Gasteiger charge is 2.14. The standard InChI is InChI=1S/C13H8F3NO3/c14-10-3-1-8(5-11(10)15)7-20-9-2-4-13(17(18)19)12(16)6-9/h1-6H,7H2. The molecule has 0 aliphatic rings. The van der Waals surface area contributed by atoms with Gasteiger partial charge in [-0.25, -0.2) is 8.78 Å². The van der Waals surface area contributed by atoms with Gasteiger partial charge in [-0.15, -0.1) is 0 Å². The van der Waals surface area contributed by atoms with Crippen LogP contribution < -0.4 is 4.74 Å². The van der Waals surface area contributed by atoms with Gasteiger partial charge in [0, 0.05) is 12.1 Å². The van der Waals surface area contributed by atoms with Crippen molar-refractivity contribution in [2.45, 2.75) is 6.61 Å². The van der Waals surface area contributed by atoms with Crippen LogP contribution in [0.1, 0.15) is 5.56 Å². The van der Waals surface area contributed by atoms with Gasteiger partial charge in [0.05, 0.1) is 4.92 Å². The predicted molar refractivity (Wildman–Crippen MR) is 63.7 cm³/mol. The first-order chi connectivity index (χ1) is 9.47. The topological polar surface area (TPSA) is 52.4 Å². The maximum atomic E-state index is 13.3. The Bertz CT molecular complexity index is 661. The minimum absolute atomic E-state index is 0.0535. The molecule has 0 aromatic heterocycles. The Balaban J connectivity index is 2.09. The molecule has 0 N–H and O–H groups in total. The van der Waals surface area contributed by atoms with Crippen LogP contribution in [0, 0.1) is 27.6 Å². The molecule has 0 aliphatic heterocycles. The molecular formula is C13H8F3NO3. The second-order valence-corrected chi connectivity index (χ2v) is 3.91. The van der Waals surface area contributed by atoms with E-state index < -0.39 is 28.1 Å². The summed E-state index contributed by atoms with van der Waals surface area (Å²) < 4.78 is 44.1. The molecule has 0 heterocycles. The zero-order valence-corrected chi connectivity index (χ0v) is 9.98. The quantitative estimate of drug-likeness (QED) is 0.636. The fraction of sp³-hybridized carbons (Fsp3) is 0.0769. The van der Waals surface area contributed by atoms with Crippen LogP contribution in [0.2, 0.25) is 0 Å². The minimum atomic E-state index is -1.03. The van der Waals surface area contributed by atoms with Crippen LogP contribution in [0.3, 0.4) is 0 Å². The molecule has 0 amide bonds. The lowest BCUT2D eigenvalue weighted by Crippen LogP contribution is -1.98. The fourth-order valence-corrected chi connectivity index (χ4v) is 1.52. The van der Waals surface area contributed by atoms with Crippen molar-refractivity contribution in [1.29, 1.82) is 0 Å². The third-order valence-electron chi connectivity index (χ3n) is 2.51. The number of hydrogen-bond acceptors (Lipinski definition) is 3. The van der Waals surface area contributed by atoms with Gasteiger partial charge in [-0.05, 0) is 23.8 Å². The first-order valence-corrected chi connectivity index (χ1v) is 5.48. The maximum absolute atomic E-state index is 13.3. The van der Waals surface area contributed by atoms with E-state index in [0.717, 1.165) is 24.3 Å². The molecule has 7 heteroatoms. The molecule has 2 aromatic carbocycles. The highest BCUT2D eigenvalue weighted by Crippen LogP contribution is 2.23. The van der Waals surface area contributed by atoms with E-state index in [0.29, 0.717) is 5.56 Å². The van der Waals surface area contributed by atoms with Gasteiger partial charge in [0.15, 0.2) is 11.6 Å². The molecule has 0 aliphatic carbocycles. The largest absolute Gasteiger partial charge is 0.489 e. The van der Waals surface area contributed by atoms with Gasteiger partial charge < -0.3 is 4.74 Å². The monoisotopic (exact) mass is 283 g/mol. The minimum Gasteiger partial charge on any atom is -0.489 e. The Hall–Kier alpha value is -2.57. The van der Waals surface area contributed by atoms with E-state index in [9.17, 15) is 23.3 Å². The Kier molecular flexibility index (Phi) is 3.88. The Labute approximate surface area is 111 Å². The second kappa shape index (κ2) is 5.60. The van der Waals surface area contributed by atoms with Crippen molar-refractivity contribution in [3.8, 4) is 5.75 Å². The number of nitro groups is 1. The lowest BCUT2D eigenvalue weighted by molar-refractivity contribution is -0.387. The normalized spacial score (nSPS) is 10.3. The van der Waals surface area contributed by atoms with Gasteiger partial charge in [0.25, 0.3) is 0 Å². The van der Waals surface area contributed by atoms with E-state index >= 15 is 0 Å². The molecule has 0 bridgehead atoms. The smallest absolute Gasteiger partial charge is 0.305 e. The molecule has 0 fully saturated rings. The molecule has 0 atom stereocenters. The molecule has 4 nitrogen and oxygen atoms in total. The van der Waals surface area contributed by atoms with Crippen LogP contribution in [0.4, 0.5) is 18.9 Å². The fourth-order valence-electron chi connectivity index (χ4n) is 1.52. The molecule has 0 saturated heterocycles. The maximum Gasteiger partial charge on any atom is 0.305 e. The van der Waals surface area contributed by atoms with Gasteiger partial charge in [0.2, 0.25) is 5.82 Å². The molecular weight excluding hydrogens is 275 g/mol. The lowest BCUT2D eigenvalue weighted by Gasteiger charge is -2.06. The van der Waals surface area contributed by atoms with E-state index in [4.69, 9.17) is 4.74 Å². The third-order valence-corrected chi connectivity index (χ3v) is 2.51. The molecule has 0 radical (unpaired) electrons. The van der Waals surface area contributed by atoms with Crippen LogP contribution in [0.25, 0.3) is 0 Å². The van der Waals surface area contributed by atoms with Gasteiger partial charge in [-0.3, -0.25) is 10.1 Å². The summed E-state index contributed by atoms with van der Waals surface area (Å²) in [5.41, 5.74) is -0.312. The third kappa shape index (κ3) is 3.05. The first kappa shape index (κ1) is 13.9. The highest BCUT2D eigenvalue weighted by molar-refractivity contribution is 5.38. The van der Waals surface area contributed by atoms with Crippen molar-refractivity contribution in [2.24, 2.45) is 0 Å². The molecule has 20 heavy (non-hydrogen) atoms. The van der Waals surface area contributed by atoms with Gasteiger partial charge >= 0.3 is 5.69 Å². The van der Waals surface area contributed by atoms with Crippen LogP contribution in [0.5, 0.6) is 5.75 Å². The molecule has 104 valence electrons. The van der Waals surface area contributed by atoms with Crippen molar-refractivity contribution in [2.75, 3.05) is 0 Å². The summed E-state index contributed by atoms with van der Waals surface area (Å²) >= 11 is 0. The van der Waals surface area contributed by atoms with Crippen LogP contribution in [-0.2, 0) is 6.61 Å². The van der Waals surface area contributed by atoms with E-state index in [-0.39, 0.29) is 12.4 Å². The summed E-state index contributed by atoms with van der Waals surface area (Å²) in [4.78, 5) is 9.58. The Morgan fingerprint density at radius 1 is 1.00 bits per heavy atom. The number of rotatable bonds is 4. The van der Waals surface area contributed by atoms with Crippen LogP contribution in [-0.4, -0.2) is 4.92 Å². The van der Waals surface area contributed by atoms with Crippen molar-refractivity contribution in [1.82, 2.24) is 0 Å².